The topological polar surface area (TPSA) is 53.4 Å². The number of carboxylic acids is 1. The molecule has 76 valence electrons. The second-order valence-electron chi connectivity index (χ2n) is 3.25. The van der Waals surface area contributed by atoms with Crippen molar-refractivity contribution in [3.63, 3.8) is 0 Å². The molecule has 0 saturated carbocycles. The van der Waals surface area contributed by atoms with Crippen LogP contribution in [0.3, 0.4) is 0 Å². The van der Waals surface area contributed by atoms with Crippen molar-refractivity contribution < 1.29 is 9.90 Å². The molecule has 4 heteroatoms. The summed E-state index contributed by atoms with van der Waals surface area (Å²) in [6.45, 7) is 1.95. The Bertz CT molecular complexity index is 348. The third-order valence-electron chi connectivity index (χ3n) is 2.01. The lowest BCUT2D eigenvalue weighted by molar-refractivity contribution is 0.0697. The molecule has 0 radical (unpaired) electrons. The molecule has 1 rings (SSSR count). The highest BCUT2D eigenvalue weighted by molar-refractivity contribution is 5.94. The van der Waals surface area contributed by atoms with E-state index in [4.69, 9.17) is 5.11 Å². The minimum atomic E-state index is -0.911. The molecule has 0 spiro atoms. The Morgan fingerprint density at radius 1 is 1.57 bits per heavy atom. The van der Waals surface area contributed by atoms with Gasteiger partial charge in [0.25, 0.3) is 0 Å². The average molecular weight is 194 g/mol. The van der Waals surface area contributed by atoms with Crippen molar-refractivity contribution >= 4 is 11.7 Å². The summed E-state index contributed by atoms with van der Waals surface area (Å²) in [6, 6.07) is 1.62. The van der Waals surface area contributed by atoms with Crippen LogP contribution in [0, 0.1) is 0 Å². The van der Waals surface area contributed by atoms with Crippen molar-refractivity contribution in [2.45, 2.75) is 13.3 Å². The number of hydrogen-bond donors (Lipinski definition) is 1. The molecule has 1 N–H and O–H groups in total. The molecule has 0 fully saturated rings. The first-order valence-corrected chi connectivity index (χ1v) is 4.45. The number of pyridine rings is 1. The molecule has 0 aliphatic carbocycles. The van der Waals surface area contributed by atoms with E-state index < -0.39 is 5.97 Å². The van der Waals surface area contributed by atoms with Crippen molar-refractivity contribution in [1.29, 1.82) is 0 Å². The summed E-state index contributed by atoms with van der Waals surface area (Å²) >= 11 is 0. The van der Waals surface area contributed by atoms with E-state index >= 15 is 0 Å². The van der Waals surface area contributed by atoms with Gasteiger partial charge >= 0.3 is 5.97 Å². The van der Waals surface area contributed by atoms with E-state index in [1.807, 2.05) is 6.92 Å². The molecule has 1 heterocycles. The molecular weight excluding hydrogens is 180 g/mol. The molecule has 1 aromatic heterocycles. The predicted octanol–water partition coefficient (Wildman–Crippen LogP) is 1.41. The number of anilines is 1. The second kappa shape index (κ2) is 4.09. The fraction of sp³-hybridized carbons (Fsp3) is 0.400. The summed E-state index contributed by atoms with van der Waals surface area (Å²) in [7, 11) is 3.60. The van der Waals surface area contributed by atoms with Crippen molar-refractivity contribution in [3.8, 4) is 0 Å². The average Bonchev–Trinajstić information content (AvgIpc) is 2.16. The Balaban J connectivity index is 3.24. The van der Waals surface area contributed by atoms with Crippen LogP contribution < -0.4 is 4.90 Å². The molecule has 0 unspecified atom stereocenters. The highest BCUT2D eigenvalue weighted by Gasteiger charge is 2.12. The van der Waals surface area contributed by atoms with Gasteiger partial charge in [0.1, 0.15) is 0 Å². The summed E-state index contributed by atoms with van der Waals surface area (Å²) in [5.74, 6) is -0.911. The summed E-state index contributed by atoms with van der Waals surface area (Å²) in [5.41, 5.74) is 1.74. The summed E-state index contributed by atoms with van der Waals surface area (Å²) in [5, 5.41) is 8.98. The standard InChI is InChI=1S/C10H14N2O2/c1-4-7-5-8(10(13)14)9(6-11-7)12(2)3/h5-6H,4H2,1-3H3,(H,13,14). The molecule has 0 bridgehead atoms. The van der Waals surface area contributed by atoms with Crippen LogP contribution in [0.25, 0.3) is 0 Å². The Labute approximate surface area is 83.2 Å². The molecule has 0 aliphatic rings. The first kappa shape index (κ1) is 10.5. The molecule has 0 aromatic carbocycles. The first-order valence-electron chi connectivity index (χ1n) is 4.45. The largest absolute Gasteiger partial charge is 0.478 e. The van der Waals surface area contributed by atoms with Crippen LogP contribution in [-0.4, -0.2) is 30.2 Å². The zero-order valence-corrected chi connectivity index (χ0v) is 8.61. The van der Waals surface area contributed by atoms with E-state index in [0.717, 1.165) is 12.1 Å². The number of rotatable bonds is 3. The van der Waals surface area contributed by atoms with Gasteiger partial charge in [0.2, 0.25) is 0 Å². The molecule has 0 amide bonds. The van der Waals surface area contributed by atoms with Gasteiger partial charge in [-0.1, -0.05) is 6.92 Å². The molecule has 1 aromatic rings. The van der Waals surface area contributed by atoms with Gasteiger partial charge in [0.15, 0.2) is 0 Å². The summed E-state index contributed by atoms with van der Waals surface area (Å²) in [6.07, 6.45) is 2.34. The lowest BCUT2D eigenvalue weighted by Gasteiger charge is -2.15. The molecule has 0 atom stereocenters. The highest BCUT2D eigenvalue weighted by atomic mass is 16.4. The van der Waals surface area contributed by atoms with Gasteiger partial charge < -0.3 is 10.0 Å². The van der Waals surface area contributed by atoms with Gasteiger partial charge in [-0.25, -0.2) is 4.79 Å². The number of aromatic carboxylic acids is 1. The fourth-order valence-electron chi connectivity index (χ4n) is 1.21. The van der Waals surface area contributed by atoms with Crippen LogP contribution in [0.1, 0.15) is 23.0 Å². The van der Waals surface area contributed by atoms with E-state index in [9.17, 15) is 4.79 Å². The third-order valence-corrected chi connectivity index (χ3v) is 2.01. The van der Waals surface area contributed by atoms with Gasteiger partial charge in [0.05, 0.1) is 17.4 Å². The Kier molecular flexibility index (Phi) is 3.06. The number of carboxylic acid groups (broad SMARTS) is 1. The van der Waals surface area contributed by atoms with Gasteiger partial charge in [0, 0.05) is 19.8 Å². The van der Waals surface area contributed by atoms with E-state index in [1.165, 1.54) is 0 Å². The predicted molar refractivity (Wildman–Crippen MR) is 54.9 cm³/mol. The highest BCUT2D eigenvalue weighted by Crippen LogP contribution is 2.18. The van der Waals surface area contributed by atoms with Crippen LogP contribution in [-0.2, 0) is 6.42 Å². The van der Waals surface area contributed by atoms with Crippen LogP contribution in [0.4, 0.5) is 5.69 Å². The fourth-order valence-corrected chi connectivity index (χ4v) is 1.21. The maximum Gasteiger partial charge on any atom is 0.337 e. The monoisotopic (exact) mass is 194 g/mol. The first-order chi connectivity index (χ1) is 6.56. The molecule has 0 aliphatic heterocycles. The quantitative estimate of drug-likeness (QED) is 0.790. The lowest BCUT2D eigenvalue weighted by Crippen LogP contribution is -2.14. The molecular formula is C10H14N2O2. The Morgan fingerprint density at radius 3 is 2.64 bits per heavy atom. The van der Waals surface area contributed by atoms with Gasteiger partial charge in [-0.15, -0.1) is 0 Å². The number of carbonyl (C=O) groups is 1. The van der Waals surface area contributed by atoms with Crippen molar-refractivity contribution in [3.05, 3.63) is 23.5 Å². The maximum absolute atomic E-state index is 10.9. The number of aryl methyl sites for hydroxylation is 1. The zero-order chi connectivity index (χ0) is 10.7. The SMILES string of the molecule is CCc1cc(C(=O)O)c(N(C)C)cn1. The van der Waals surface area contributed by atoms with Crippen LogP contribution in [0.2, 0.25) is 0 Å². The van der Waals surface area contributed by atoms with Crippen molar-refractivity contribution in [2.24, 2.45) is 0 Å². The minimum Gasteiger partial charge on any atom is -0.478 e. The van der Waals surface area contributed by atoms with E-state index in [-0.39, 0.29) is 0 Å². The molecule has 4 nitrogen and oxygen atoms in total. The van der Waals surface area contributed by atoms with Gasteiger partial charge in [-0.05, 0) is 12.5 Å². The smallest absolute Gasteiger partial charge is 0.337 e. The van der Waals surface area contributed by atoms with Gasteiger partial charge in [-0.2, -0.15) is 0 Å². The van der Waals surface area contributed by atoms with Gasteiger partial charge in [-0.3, -0.25) is 4.98 Å². The van der Waals surface area contributed by atoms with Crippen molar-refractivity contribution in [1.82, 2.24) is 4.98 Å². The Hall–Kier alpha value is -1.58. The Morgan fingerprint density at radius 2 is 2.21 bits per heavy atom. The minimum absolute atomic E-state index is 0.307. The maximum atomic E-state index is 10.9. The van der Waals surface area contributed by atoms with Crippen LogP contribution >= 0.6 is 0 Å². The molecule has 0 saturated heterocycles. The van der Waals surface area contributed by atoms with E-state index in [0.29, 0.717) is 11.3 Å². The lowest BCUT2D eigenvalue weighted by atomic mass is 10.1. The third kappa shape index (κ3) is 2.02. The summed E-state index contributed by atoms with van der Waals surface area (Å²) < 4.78 is 0. The molecule has 14 heavy (non-hydrogen) atoms. The van der Waals surface area contributed by atoms with E-state index in [1.54, 1.807) is 31.3 Å². The zero-order valence-electron chi connectivity index (χ0n) is 8.61. The summed E-state index contributed by atoms with van der Waals surface area (Å²) in [4.78, 5) is 16.8. The van der Waals surface area contributed by atoms with E-state index in [2.05, 4.69) is 4.98 Å². The number of nitrogens with zero attached hydrogens (tertiary/aromatic N) is 2. The number of aromatic nitrogens is 1. The van der Waals surface area contributed by atoms with Crippen LogP contribution in [0.5, 0.6) is 0 Å². The normalized spacial score (nSPS) is 9.93. The van der Waals surface area contributed by atoms with Crippen molar-refractivity contribution in [2.75, 3.05) is 19.0 Å². The number of hydrogen-bond acceptors (Lipinski definition) is 3. The second-order valence-corrected chi connectivity index (χ2v) is 3.25. The van der Waals surface area contributed by atoms with Crippen LogP contribution in [0.15, 0.2) is 12.3 Å².